The number of nitrogens with zero attached hydrogens (tertiary/aromatic N) is 1. The van der Waals surface area contributed by atoms with Crippen molar-refractivity contribution in [1.29, 1.82) is 0 Å². The number of rotatable bonds is 5. The largest absolute Gasteiger partial charge is 0.409 e. The third-order valence-corrected chi connectivity index (χ3v) is 3.67. The van der Waals surface area contributed by atoms with Crippen molar-refractivity contribution in [1.82, 2.24) is 9.44 Å². The summed E-state index contributed by atoms with van der Waals surface area (Å²) in [5.41, 5.74) is 6.22. The van der Waals surface area contributed by atoms with Gasteiger partial charge in [-0.05, 0) is 26.3 Å². The predicted octanol–water partition coefficient (Wildman–Crippen LogP) is 0.504. The van der Waals surface area contributed by atoms with E-state index in [1.165, 1.54) is 0 Å². The van der Waals surface area contributed by atoms with E-state index in [2.05, 4.69) is 14.6 Å². The summed E-state index contributed by atoms with van der Waals surface area (Å²) >= 11 is 0. The second-order valence-corrected chi connectivity index (χ2v) is 6.86. The maximum atomic E-state index is 11.7. The van der Waals surface area contributed by atoms with Crippen molar-refractivity contribution in [3.63, 3.8) is 0 Å². The van der Waals surface area contributed by atoms with E-state index >= 15 is 0 Å². The molecule has 0 bridgehead atoms. The van der Waals surface area contributed by atoms with Gasteiger partial charge in [0.2, 0.25) is 0 Å². The van der Waals surface area contributed by atoms with E-state index in [-0.39, 0.29) is 12.4 Å². The maximum absolute atomic E-state index is 11.7. The van der Waals surface area contributed by atoms with Crippen molar-refractivity contribution in [2.45, 2.75) is 32.9 Å². The van der Waals surface area contributed by atoms with Gasteiger partial charge in [0.05, 0.1) is 0 Å². The Labute approximate surface area is 119 Å². The average molecular weight is 300 g/mol. The van der Waals surface area contributed by atoms with Crippen LogP contribution in [-0.2, 0) is 16.8 Å². The highest BCUT2D eigenvalue weighted by Crippen LogP contribution is 2.05. The van der Waals surface area contributed by atoms with Gasteiger partial charge in [-0.2, -0.15) is 17.9 Å². The minimum Gasteiger partial charge on any atom is -0.409 e. The van der Waals surface area contributed by atoms with Crippen LogP contribution >= 0.6 is 0 Å². The van der Waals surface area contributed by atoms with Crippen LogP contribution < -0.4 is 15.2 Å². The molecule has 0 atom stereocenters. The molecule has 5 N–H and O–H groups in total. The molecular weight excluding hydrogens is 280 g/mol. The SMILES string of the molecule is CC(C)(C)NS(=O)(=O)NCc1ccc(/C(N)=N/O)cc1. The molecule has 0 radical (unpaired) electrons. The molecule has 1 aromatic carbocycles. The molecule has 0 aromatic heterocycles. The van der Waals surface area contributed by atoms with Gasteiger partial charge in [0.1, 0.15) is 0 Å². The van der Waals surface area contributed by atoms with Crippen molar-refractivity contribution >= 4 is 16.0 Å². The summed E-state index contributed by atoms with van der Waals surface area (Å²) in [5.74, 6) is 0.00605. The first-order valence-electron chi connectivity index (χ1n) is 5.98. The van der Waals surface area contributed by atoms with E-state index in [1.807, 2.05) is 0 Å². The lowest BCUT2D eigenvalue weighted by Crippen LogP contribution is -2.46. The number of nitrogens with two attached hydrogens (primary N) is 1. The summed E-state index contributed by atoms with van der Waals surface area (Å²) in [6.45, 7) is 5.44. The fourth-order valence-electron chi connectivity index (χ4n) is 1.47. The van der Waals surface area contributed by atoms with Gasteiger partial charge in [-0.3, -0.25) is 0 Å². The fraction of sp³-hybridized carbons (Fsp3) is 0.417. The highest BCUT2D eigenvalue weighted by atomic mass is 32.2. The summed E-state index contributed by atoms with van der Waals surface area (Å²) in [4.78, 5) is 0. The molecule has 0 unspecified atom stereocenters. The zero-order valence-electron chi connectivity index (χ0n) is 11.7. The highest BCUT2D eigenvalue weighted by Gasteiger charge is 2.19. The average Bonchev–Trinajstić information content (AvgIpc) is 2.33. The molecule has 20 heavy (non-hydrogen) atoms. The lowest BCUT2D eigenvalue weighted by molar-refractivity contribution is 0.318. The molecule has 0 aliphatic heterocycles. The fourth-order valence-corrected chi connectivity index (χ4v) is 2.70. The molecular formula is C12H20N4O3S. The van der Waals surface area contributed by atoms with Crippen molar-refractivity contribution in [3.8, 4) is 0 Å². The number of amidine groups is 1. The second kappa shape index (κ2) is 6.21. The van der Waals surface area contributed by atoms with Crippen LogP contribution in [0.3, 0.4) is 0 Å². The predicted molar refractivity (Wildman–Crippen MR) is 77.6 cm³/mol. The van der Waals surface area contributed by atoms with E-state index in [4.69, 9.17) is 10.9 Å². The Hall–Kier alpha value is -1.64. The van der Waals surface area contributed by atoms with Gasteiger partial charge in [-0.15, -0.1) is 0 Å². The lowest BCUT2D eigenvalue weighted by atomic mass is 10.1. The van der Waals surface area contributed by atoms with Crippen LogP contribution in [0.2, 0.25) is 0 Å². The van der Waals surface area contributed by atoms with Gasteiger partial charge < -0.3 is 10.9 Å². The molecule has 0 saturated heterocycles. The molecule has 112 valence electrons. The number of nitrogens with one attached hydrogen (secondary N) is 2. The van der Waals surface area contributed by atoms with Crippen LogP contribution in [-0.4, -0.2) is 25.0 Å². The van der Waals surface area contributed by atoms with Gasteiger partial charge >= 0.3 is 0 Å². The monoisotopic (exact) mass is 300 g/mol. The molecule has 1 aromatic rings. The first kappa shape index (κ1) is 16.4. The molecule has 0 amide bonds. The summed E-state index contributed by atoms with van der Waals surface area (Å²) in [5, 5.41) is 11.4. The smallest absolute Gasteiger partial charge is 0.277 e. The molecule has 1 rings (SSSR count). The molecule has 7 nitrogen and oxygen atoms in total. The van der Waals surface area contributed by atoms with Gasteiger partial charge in [0.25, 0.3) is 10.2 Å². The minimum atomic E-state index is -3.56. The van der Waals surface area contributed by atoms with Gasteiger partial charge in [-0.1, -0.05) is 29.4 Å². The number of benzene rings is 1. The quantitative estimate of drug-likeness (QED) is 0.274. The number of oxime groups is 1. The van der Waals surface area contributed by atoms with Crippen LogP contribution in [0.5, 0.6) is 0 Å². The zero-order chi connectivity index (χ0) is 15.4. The van der Waals surface area contributed by atoms with Crippen molar-refractivity contribution in [3.05, 3.63) is 35.4 Å². The van der Waals surface area contributed by atoms with E-state index in [0.29, 0.717) is 5.56 Å². The Morgan fingerprint density at radius 3 is 2.30 bits per heavy atom. The van der Waals surface area contributed by atoms with E-state index in [0.717, 1.165) is 5.56 Å². The third kappa shape index (κ3) is 5.55. The summed E-state index contributed by atoms with van der Waals surface area (Å²) < 4.78 is 28.4. The van der Waals surface area contributed by atoms with Crippen LogP contribution in [0.15, 0.2) is 29.4 Å². The van der Waals surface area contributed by atoms with Crippen molar-refractivity contribution < 1.29 is 13.6 Å². The summed E-state index contributed by atoms with van der Waals surface area (Å²) in [6.07, 6.45) is 0. The Morgan fingerprint density at radius 2 is 1.85 bits per heavy atom. The van der Waals surface area contributed by atoms with E-state index < -0.39 is 15.7 Å². The van der Waals surface area contributed by atoms with E-state index in [1.54, 1.807) is 45.0 Å². The highest BCUT2D eigenvalue weighted by molar-refractivity contribution is 7.87. The molecule has 8 heteroatoms. The van der Waals surface area contributed by atoms with Crippen molar-refractivity contribution in [2.75, 3.05) is 0 Å². The lowest BCUT2D eigenvalue weighted by Gasteiger charge is -2.20. The summed E-state index contributed by atoms with van der Waals surface area (Å²) in [7, 11) is -3.56. The van der Waals surface area contributed by atoms with Gasteiger partial charge in [0, 0.05) is 17.6 Å². The van der Waals surface area contributed by atoms with E-state index in [9.17, 15) is 8.42 Å². The molecule has 0 fully saturated rings. The number of hydrogen-bond acceptors (Lipinski definition) is 4. The van der Waals surface area contributed by atoms with Crippen LogP contribution in [0.4, 0.5) is 0 Å². The molecule has 0 heterocycles. The Balaban J connectivity index is 2.67. The maximum Gasteiger partial charge on any atom is 0.277 e. The summed E-state index contributed by atoms with van der Waals surface area (Å²) in [6, 6.07) is 6.70. The topological polar surface area (TPSA) is 117 Å². The standard InChI is InChI=1S/C12H20N4O3S/c1-12(2,3)16-20(18,19)14-8-9-4-6-10(7-5-9)11(13)15-17/h4-7,14,16-17H,8H2,1-3H3,(H2,13,15). The normalized spacial score (nSPS) is 13.4. The van der Waals surface area contributed by atoms with Gasteiger partial charge in [-0.25, -0.2) is 0 Å². The van der Waals surface area contributed by atoms with Gasteiger partial charge in [0.15, 0.2) is 5.84 Å². The van der Waals surface area contributed by atoms with Crippen molar-refractivity contribution in [2.24, 2.45) is 10.9 Å². The first-order valence-corrected chi connectivity index (χ1v) is 7.47. The molecule has 0 spiro atoms. The molecule has 0 saturated carbocycles. The molecule has 0 aliphatic rings. The molecule has 0 aliphatic carbocycles. The van der Waals surface area contributed by atoms with Crippen LogP contribution in [0.1, 0.15) is 31.9 Å². The number of hydrogen-bond donors (Lipinski definition) is 4. The Bertz CT molecular complexity index is 574. The van der Waals surface area contributed by atoms with Crippen LogP contribution in [0.25, 0.3) is 0 Å². The Morgan fingerprint density at radius 1 is 1.30 bits per heavy atom. The minimum absolute atomic E-state index is 0.00605. The van der Waals surface area contributed by atoms with Crippen LogP contribution in [0, 0.1) is 0 Å². The first-order chi connectivity index (χ1) is 9.13. The third-order valence-electron chi connectivity index (χ3n) is 2.26. The Kier molecular flexibility index (Phi) is 5.09. The zero-order valence-corrected chi connectivity index (χ0v) is 12.5. The second-order valence-electron chi connectivity index (χ2n) is 5.36.